The highest BCUT2D eigenvalue weighted by atomic mass is 16.6. The van der Waals surface area contributed by atoms with Crippen LogP contribution >= 0.6 is 0 Å². The molecule has 4 heteroatoms. The zero-order chi connectivity index (χ0) is 14.6. The van der Waals surface area contributed by atoms with Crippen molar-refractivity contribution < 1.29 is 9.53 Å². The molecule has 1 heterocycles. The first-order chi connectivity index (χ1) is 8.88. The van der Waals surface area contributed by atoms with E-state index in [-0.39, 0.29) is 6.09 Å². The van der Waals surface area contributed by atoms with Gasteiger partial charge in [-0.3, -0.25) is 0 Å². The lowest BCUT2D eigenvalue weighted by molar-refractivity contribution is 0.0508. The van der Waals surface area contributed by atoms with Gasteiger partial charge in [0.25, 0.3) is 0 Å². The Hall–Kier alpha value is -1.32. The summed E-state index contributed by atoms with van der Waals surface area (Å²) in [6.45, 7) is 11.6. The van der Waals surface area contributed by atoms with Crippen molar-refractivity contribution in [3.05, 3.63) is 17.0 Å². The molecule has 19 heavy (non-hydrogen) atoms. The van der Waals surface area contributed by atoms with Crippen molar-refractivity contribution in [2.24, 2.45) is 0 Å². The van der Waals surface area contributed by atoms with E-state index in [1.807, 2.05) is 41.5 Å². The highest BCUT2D eigenvalue weighted by Crippen LogP contribution is 2.24. The summed E-state index contributed by atoms with van der Waals surface area (Å²) in [5, 5.41) is 4.32. The predicted molar refractivity (Wildman–Crippen MR) is 76.6 cm³/mol. The van der Waals surface area contributed by atoms with Crippen LogP contribution in [-0.4, -0.2) is 21.5 Å². The van der Waals surface area contributed by atoms with Crippen LogP contribution < -0.4 is 0 Å². The summed E-state index contributed by atoms with van der Waals surface area (Å²) in [6, 6.07) is 0. The lowest BCUT2D eigenvalue weighted by Gasteiger charge is -2.20. The summed E-state index contributed by atoms with van der Waals surface area (Å²) < 4.78 is 6.82. The number of aryl methyl sites for hydroxylation is 1. The Balaban J connectivity index is 0.000000861. The summed E-state index contributed by atoms with van der Waals surface area (Å²) in [6.07, 6.45) is 3.91. The number of aromatic nitrogens is 2. The maximum atomic E-state index is 12.0. The van der Waals surface area contributed by atoms with Gasteiger partial charge >= 0.3 is 6.09 Å². The molecule has 0 spiro atoms. The molecular formula is C15H26N2O2. The fourth-order valence-corrected chi connectivity index (χ4v) is 2.24. The molecule has 1 aliphatic carbocycles. The average molecular weight is 266 g/mol. The maximum Gasteiger partial charge on any atom is 0.435 e. The van der Waals surface area contributed by atoms with E-state index < -0.39 is 5.60 Å². The molecule has 1 aromatic heterocycles. The van der Waals surface area contributed by atoms with Gasteiger partial charge in [0.15, 0.2) is 0 Å². The smallest absolute Gasteiger partial charge is 0.435 e. The Labute approximate surface area is 116 Å². The molecular weight excluding hydrogens is 240 g/mol. The van der Waals surface area contributed by atoms with Gasteiger partial charge in [-0.1, -0.05) is 13.8 Å². The fourth-order valence-electron chi connectivity index (χ4n) is 2.24. The molecule has 108 valence electrons. The lowest BCUT2D eigenvalue weighted by Crippen LogP contribution is -2.29. The van der Waals surface area contributed by atoms with E-state index >= 15 is 0 Å². The Morgan fingerprint density at radius 3 is 2.37 bits per heavy atom. The summed E-state index contributed by atoms with van der Waals surface area (Å²) in [5.74, 6) is 0. The zero-order valence-corrected chi connectivity index (χ0v) is 13.0. The van der Waals surface area contributed by atoms with Gasteiger partial charge < -0.3 is 4.74 Å². The topological polar surface area (TPSA) is 44.1 Å². The molecule has 0 bridgehead atoms. The summed E-state index contributed by atoms with van der Waals surface area (Å²) in [5.41, 5.74) is 2.77. The number of nitrogens with zero attached hydrogens (tertiary/aromatic N) is 2. The van der Waals surface area contributed by atoms with Crippen LogP contribution in [0.25, 0.3) is 0 Å². The van der Waals surface area contributed by atoms with Gasteiger partial charge in [0.2, 0.25) is 0 Å². The zero-order valence-electron chi connectivity index (χ0n) is 13.0. The van der Waals surface area contributed by atoms with Gasteiger partial charge in [0, 0.05) is 0 Å². The van der Waals surface area contributed by atoms with Crippen molar-refractivity contribution in [3.8, 4) is 0 Å². The summed E-state index contributed by atoms with van der Waals surface area (Å²) in [4.78, 5) is 12.0. The van der Waals surface area contributed by atoms with Crippen molar-refractivity contribution in [3.63, 3.8) is 0 Å². The summed E-state index contributed by atoms with van der Waals surface area (Å²) >= 11 is 0. The van der Waals surface area contributed by atoms with Crippen LogP contribution in [-0.2, 0) is 17.6 Å². The van der Waals surface area contributed by atoms with Crippen molar-refractivity contribution in [1.82, 2.24) is 9.78 Å². The lowest BCUT2D eigenvalue weighted by atomic mass is 9.96. The van der Waals surface area contributed by atoms with Crippen molar-refractivity contribution in [2.75, 3.05) is 0 Å². The van der Waals surface area contributed by atoms with Crippen LogP contribution in [0.3, 0.4) is 0 Å². The second-order valence-electron chi connectivity index (χ2n) is 5.61. The quantitative estimate of drug-likeness (QED) is 0.715. The Morgan fingerprint density at radius 2 is 1.79 bits per heavy atom. The van der Waals surface area contributed by atoms with Crippen LogP contribution in [0.15, 0.2) is 0 Å². The molecule has 1 aliphatic rings. The third-order valence-corrected chi connectivity index (χ3v) is 2.95. The molecule has 0 unspecified atom stereocenters. The molecule has 2 rings (SSSR count). The third kappa shape index (κ3) is 3.82. The molecule has 0 saturated carbocycles. The molecule has 0 saturated heterocycles. The van der Waals surface area contributed by atoms with E-state index in [2.05, 4.69) is 5.10 Å². The van der Waals surface area contributed by atoms with E-state index in [1.54, 1.807) is 0 Å². The molecule has 4 nitrogen and oxygen atoms in total. The molecule has 0 aliphatic heterocycles. The maximum absolute atomic E-state index is 12.0. The SMILES string of the molecule is CC.Cc1nn(C(=O)OC(C)(C)C)c2c1CCCC2. The van der Waals surface area contributed by atoms with Crippen molar-refractivity contribution in [1.29, 1.82) is 0 Å². The van der Waals surface area contributed by atoms with Crippen LogP contribution in [0.2, 0.25) is 0 Å². The van der Waals surface area contributed by atoms with Crippen LogP contribution in [0, 0.1) is 6.92 Å². The van der Waals surface area contributed by atoms with E-state index in [9.17, 15) is 4.79 Å². The summed E-state index contributed by atoms with van der Waals surface area (Å²) in [7, 11) is 0. The van der Waals surface area contributed by atoms with Crippen molar-refractivity contribution in [2.45, 2.75) is 72.8 Å². The van der Waals surface area contributed by atoms with Gasteiger partial charge in [0.05, 0.1) is 11.4 Å². The molecule has 0 N–H and O–H groups in total. The molecule has 0 fully saturated rings. The van der Waals surface area contributed by atoms with Gasteiger partial charge in [-0.2, -0.15) is 9.78 Å². The molecule has 0 amide bonds. The number of hydrogen-bond acceptors (Lipinski definition) is 3. The second-order valence-corrected chi connectivity index (χ2v) is 5.61. The first-order valence-electron chi connectivity index (χ1n) is 7.19. The van der Waals surface area contributed by atoms with Crippen LogP contribution in [0.1, 0.15) is 64.4 Å². The Kier molecular flexibility index (Phi) is 5.15. The van der Waals surface area contributed by atoms with E-state index in [0.29, 0.717) is 0 Å². The number of fused-ring (bicyclic) bond motifs is 1. The van der Waals surface area contributed by atoms with E-state index in [4.69, 9.17) is 4.74 Å². The number of carbonyl (C=O) groups excluding carboxylic acids is 1. The first-order valence-corrected chi connectivity index (χ1v) is 7.19. The van der Waals surface area contributed by atoms with Crippen molar-refractivity contribution >= 4 is 6.09 Å². The van der Waals surface area contributed by atoms with E-state index in [0.717, 1.165) is 30.7 Å². The molecule has 0 aromatic carbocycles. The second kappa shape index (κ2) is 6.22. The molecule has 1 aromatic rings. The minimum atomic E-state index is -0.474. The monoisotopic (exact) mass is 266 g/mol. The van der Waals surface area contributed by atoms with Crippen LogP contribution in [0.5, 0.6) is 0 Å². The van der Waals surface area contributed by atoms with Gasteiger partial charge in [0.1, 0.15) is 5.60 Å². The fraction of sp³-hybridized carbons (Fsp3) is 0.733. The highest BCUT2D eigenvalue weighted by molar-refractivity contribution is 5.71. The highest BCUT2D eigenvalue weighted by Gasteiger charge is 2.25. The number of rotatable bonds is 0. The molecule has 0 atom stereocenters. The number of carbonyl (C=O) groups is 1. The Morgan fingerprint density at radius 1 is 1.21 bits per heavy atom. The average Bonchev–Trinajstić information content (AvgIpc) is 2.68. The van der Waals surface area contributed by atoms with Gasteiger partial charge in [-0.25, -0.2) is 4.79 Å². The third-order valence-electron chi connectivity index (χ3n) is 2.95. The molecule has 0 radical (unpaired) electrons. The first kappa shape index (κ1) is 15.7. The number of ether oxygens (including phenoxy) is 1. The van der Waals surface area contributed by atoms with E-state index in [1.165, 1.54) is 16.7 Å². The number of hydrogen-bond donors (Lipinski definition) is 0. The predicted octanol–water partition coefficient (Wildman–Crippen LogP) is 3.88. The normalized spacial score (nSPS) is 14.2. The Bertz CT molecular complexity index is 442. The van der Waals surface area contributed by atoms with Gasteiger partial charge in [-0.05, 0) is 58.9 Å². The minimum absolute atomic E-state index is 0.358. The minimum Gasteiger partial charge on any atom is -0.442 e. The largest absolute Gasteiger partial charge is 0.442 e. The van der Waals surface area contributed by atoms with Gasteiger partial charge in [-0.15, -0.1) is 0 Å². The standard InChI is InChI=1S/C13H20N2O2.C2H6/c1-9-10-7-5-6-8-11(10)15(14-9)12(16)17-13(2,3)4;1-2/h5-8H2,1-4H3;1-2H3. The van der Waals surface area contributed by atoms with Crippen LogP contribution in [0.4, 0.5) is 4.79 Å².